The maximum Gasteiger partial charge on any atom is 0.407 e. The van der Waals surface area contributed by atoms with E-state index in [0.29, 0.717) is 6.54 Å². The number of nitrogens with zero attached hydrogens (tertiary/aromatic N) is 1. The molecule has 0 saturated carbocycles. The molecule has 0 aliphatic carbocycles. The normalized spacial score (nSPS) is 23.6. The number of carbonyl (C=O) groups is 1. The predicted octanol–water partition coefficient (Wildman–Crippen LogP) is 1.37. The zero-order chi connectivity index (χ0) is 10.8. The van der Waals surface area contributed by atoms with Crippen molar-refractivity contribution in [2.75, 3.05) is 19.6 Å². The second kappa shape index (κ2) is 4.17. The van der Waals surface area contributed by atoms with Crippen molar-refractivity contribution in [2.24, 2.45) is 5.41 Å². The van der Waals surface area contributed by atoms with Gasteiger partial charge < -0.3 is 15.3 Å². The Morgan fingerprint density at radius 1 is 1.57 bits per heavy atom. The van der Waals surface area contributed by atoms with Crippen molar-refractivity contribution in [1.29, 1.82) is 0 Å². The number of carboxylic acid groups (broad SMARTS) is 1. The molecule has 1 rings (SSSR count). The Bertz CT molecular complexity index is 211. The molecule has 1 aliphatic heterocycles. The minimum Gasteiger partial charge on any atom is -0.465 e. The summed E-state index contributed by atoms with van der Waals surface area (Å²) in [4.78, 5) is 12.5. The number of rotatable bonds is 1. The molecule has 0 bridgehead atoms. The van der Waals surface area contributed by atoms with Crippen LogP contribution < -0.4 is 5.32 Å². The number of amides is 1. The first-order chi connectivity index (χ1) is 6.40. The molecule has 4 heteroatoms. The summed E-state index contributed by atoms with van der Waals surface area (Å²) in [5.41, 5.74) is 0.178. The number of hydrogen-bond acceptors (Lipinski definition) is 2. The third-order valence-electron chi connectivity index (χ3n) is 2.44. The van der Waals surface area contributed by atoms with Crippen molar-refractivity contribution in [3.8, 4) is 0 Å². The molecule has 14 heavy (non-hydrogen) atoms. The highest BCUT2D eigenvalue weighted by atomic mass is 16.4. The van der Waals surface area contributed by atoms with Gasteiger partial charge in [0.05, 0.1) is 0 Å². The van der Waals surface area contributed by atoms with Gasteiger partial charge in [-0.15, -0.1) is 0 Å². The highest BCUT2D eigenvalue weighted by Crippen LogP contribution is 2.24. The predicted molar refractivity (Wildman–Crippen MR) is 55.5 cm³/mol. The average Bonchev–Trinajstić information content (AvgIpc) is 2.01. The van der Waals surface area contributed by atoms with E-state index in [4.69, 9.17) is 5.11 Å². The van der Waals surface area contributed by atoms with Crippen LogP contribution in [0.2, 0.25) is 0 Å². The van der Waals surface area contributed by atoms with Gasteiger partial charge in [-0.05, 0) is 11.8 Å². The molecule has 1 amide bonds. The highest BCUT2D eigenvalue weighted by molar-refractivity contribution is 5.65. The molecule has 0 spiro atoms. The molecule has 1 heterocycles. The van der Waals surface area contributed by atoms with Crippen LogP contribution in [-0.2, 0) is 0 Å². The van der Waals surface area contributed by atoms with Crippen molar-refractivity contribution in [3.05, 3.63) is 0 Å². The van der Waals surface area contributed by atoms with Gasteiger partial charge in [-0.1, -0.05) is 20.8 Å². The first-order valence-electron chi connectivity index (χ1n) is 5.10. The van der Waals surface area contributed by atoms with Crippen molar-refractivity contribution < 1.29 is 9.90 Å². The minimum absolute atomic E-state index is 0.126. The summed E-state index contributed by atoms with van der Waals surface area (Å²) in [6.45, 7) is 8.58. The number of nitrogens with one attached hydrogen (secondary N) is 1. The van der Waals surface area contributed by atoms with Crippen LogP contribution in [0.1, 0.15) is 27.2 Å². The van der Waals surface area contributed by atoms with Crippen LogP contribution in [0.25, 0.3) is 0 Å². The molecule has 0 aromatic rings. The Hall–Kier alpha value is -0.770. The molecule has 1 fully saturated rings. The lowest BCUT2D eigenvalue weighted by Crippen LogP contribution is -2.54. The smallest absolute Gasteiger partial charge is 0.407 e. The van der Waals surface area contributed by atoms with E-state index >= 15 is 0 Å². The fourth-order valence-electron chi connectivity index (χ4n) is 1.90. The topological polar surface area (TPSA) is 52.6 Å². The monoisotopic (exact) mass is 200 g/mol. The lowest BCUT2D eigenvalue weighted by atomic mass is 9.87. The van der Waals surface area contributed by atoms with E-state index in [-0.39, 0.29) is 11.5 Å². The second-order valence-electron chi connectivity index (χ2n) is 5.10. The first-order valence-corrected chi connectivity index (χ1v) is 5.10. The first kappa shape index (κ1) is 11.3. The van der Waals surface area contributed by atoms with Gasteiger partial charge in [0.2, 0.25) is 0 Å². The Labute approximate surface area is 85.3 Å². The molecule has 4 nitrogen and oxygen atoms in total. The molecule has 1 unspecified atom stereocenters. The van der Waals surface area contributed by atoms with Crippen LogP contribution in [-0.4, -0.2) is 41.8 Å². The Morgan fingerprint density at radius 2 is 2.21 bits per heavy atom. The molecule has 1 saturated heterocycles. The lowest BCUT2D eigenvalue weighted by molar-refractivity contribution is 0.0958. The largest absolute Gasteiger partial charge is 0.465 e. The van der Waals surface area contributed by atoms with Gasteiger partial charge in [0.25, 0.3) is 0 Å². The van der Waals surface area contributed by atoms with Gasteiger partial charge in [-0.2, -0.15) is 0 Å². The molecule has 2 N–H and O–H groups in total. The summed E-state index contributed by atoms with van der Waals surface area (Å²) in [6, 6.07) is 0.126. The third kappa shape index (κ3) is 3.18. The third-order valence-corrected chi connectivity index (χ3v) is 2.44. The number of hydrogen-bond donors (Lipinski definition) is 2. The maximum absolute atomic E-state index is 10.9. The fraction of sp³-hybridized carbons (Fsp3) is 0.900. The second-order valence-corrected chi connectivity index (χ2v) is 5.10. The van der Waals surface area contributed by atoms with Gasteiger partial charge in [0.15, 0.2) is 0 Å². The quantitative estimate of drug-likeness (QED) is 0.672. The Balaban J connectivity index is 2.59. The van der Waals surface area contributed by atoms with Crippen LogP contribution in [0.5, 0.6) is 0 Å². The van der Waals surface area contributed by atoms with Crippen molar-refractivity contribution in [3.63, 3.8) is 0 Å². The Kier molecular flexibility index (Phi) is 3.37. The standard InChI is InChI=1S/C10H20N2O2/c1-10(2,3)6-8-7-11-4-5-12(8)9(13)14/h8,11H,4-7H2,1-3H3,(H,13,14). The van der Waals surface area contributed by atoms with E-state index < -0.39 is 6.09 Å². The fourth-order valence-corrected chi connectivity index (χ4v) is 1.90. The highest BCUT2D eigenvalue weighted by Gasteiger charge is 2.29. The summed E-state index contributed by atoms with van der Waals surface area (Å²) in [6.07, 6.45) is 0.118. The van der Waals surface area contributed by atoms with E-state index in [1.807, 2.05) is 0 Å². The van der Waals surface area contributed by atoms with Crippen LogP contribution in [0, 0.1) is 5.41 Å². The number of piperazine rings is 1. The molecule has 0 aromatic heterocycles. The average molecular weight is 200 g/mol. The summed E-state index contributed by atoms with van der Waals surface area (Å²) in [7, 11) is 0. The SMILES string of the molecule is CC(C)(C)CC1CNCCN1C(=O)O. The van der Waals surface area contributed by atoms with Crippen LogP contribution in [0.15, 0.2) is 0 Å². The maximum atomic E-state index is 10.9. The summed E-state index contributed by atoms with van der Waals surface area (Å²) in [5, 5.41) is 12.2. The summed E-state index contributed by atoms with van der Waals surface area (Å²) < 4.78 is 0. The zero-order valence-electron chi connectivity index (χ0n) is 9.21. The molecule has 82 valence electrons. The Morgan fingerprint density at radius 3 is 2.71 bits per heavy atom. The van der Waals surface area contributed by atoms with Crippen LogP contribution in [0.3, 0.4) is 0 Å². The zero-order valence-corrected chi connectivity index (χ0v) is 9.21. The van der Waals surface area contributed by atoms with Gasteiger partial charge in [-0.3, -0.25) is 0 Å². The molecule has 1 atom stereocenters. The molecule has 0 radical (unpaired) electrons. The molecular formula is C10H20N2O2. The van der Waals surface area contributed by atoms with E-state index in [1.165, 1.54) is 0 Å². The van der Waals surface area contributed by atoms with Crippen molar-refractivity contribution >= 4 is 6.09 Å². The van der Waals surface area contributed by atoms with E-state index in [9.17, 15) is 4.79 Å². The summed E-state index contributed by atoms with van der Waals surface area (Å²) in [5.74, 6) is 0. The van der Waals surface area contributed by atoms with Crippen molar-refractivity contribution in [2.45, 2.75) is 33.2 Å². The molecule has 0 aromatic carbocycles. The van der Waals surface area contributed by atoms with Gasteiger partial charge in [0.1, 0.15) is 0 Å². The van der Waals surface area contributed by atoms with E-state index in [2.05, 4.69) is 26.1 Å². The van der Waals surface area contributed by atoms with Crippen LogP contribution in [0.4, 0.5) is 4.79 Å². The van der Waals surface area contributed by atoms with Gasteiger partial charge >= 0.3 is 6.09 Å². The van der Waals surface area contributed by atoms with Crippen LogP contribution >= 0.6 is 0 Å². The molecule has 1 aliphatic rings. The minimum atomic E-state index is -0.791. The van der Waals surface area contributed by atoms with E-state index in [0.717, 1.165) is 19.5 Å². The van der Waals surface area contributed by atoms with E-state index in [1.54, 1.807) is 4.90 Å². The molecular weight excluding hydrogens is 180 g/mol. The summed E-state index contributed by atoms with van der Waals surface area (Å²) >= 11 is 0. The lowest BCUT2D eigenvalue weighted by Gasteiger charge is -2.37. The van der Waals surface area contributed by atoms with Gasteiger partial charge in [-0.25, -0.2) is 4.79 Å². The van der Waals surface area contributed by atoms with Crippen molar-refractivity contribution in [1.82, 2.24) is 10.2 Å². The van der Waals surface area contributed by atoms with Gasteiger partial charge in [0, 0.05) is 25.7 Å².